The molecule has 1 aromatic carbocycles. The lowest BCUT2D eigenvalue weighted by atomic mass is 10.1. The summed E-state index contributed by atoms with van der Waals surface area (Å²) in [5, 5.41) is 3.22. The van der Waals surface area contributed by atoms with Crippen LogP contribution in [0.3, 0.4) is 0 Å². The Bertz CT molecular complexity index is 426. The van der Waals surface area contributed by atoms with E-state index in [9.17, 15) is 4.79 Å². The van der Waals surface area contributed by atoms with Gasteiger partial charge < -0.3 is 10.2 Å². The number of nitrogens with zero attached hydrogens (tertiary/aromatic N) is 2. The van der Waals surface area contributed by atoms with E-state index in [0.717, 1.165) is 13.1 Å². The summed E-state index contributed by atoms with van der Waals surface area (Å²) in [4.78, 5) is 16.1. The third-order valence-electron chi connectivity index (χ3n) is 3.73. The molecule has 2 rings (SSSR count). The Hall–Kier alpha value is -1.39. The predicted molar refractivity (Wildman–Crippen MR) is 76.9 cm³/mol. The molecule has 0 spiro atoms. The largest absolute Gasteiger partial charge is 0.340 e. The van der Waals surface area contributed by atoms with Crippen LogP contribution in [-0.4, -0.2) is 55.5 Å². The Morgan fingerprint density at radius 2 is 1.89 bits per heavy atom. The third-order valence-corrected chi connectivity index (χ3v) is 3.73. The van der Waals surface area contributed by atoms with E-state index in [1.807, 2.05) is 14.1 Å². The first kappa shape index (κ1) is 14.0. The Balaban J connectivity index is 1.82. The van der Waals surface area contributed by atoms with Crippen molar-refractivity contribution in [2.24, 2.45) is 0 Å². The van der Waals surface area contributed by atoms with Gasteiger partial charge in [0.25, 0.3) is 0 Å². The first-order valence-electron chi connectivity index (χ1n) is 6.76. The number of hydrogen-bond acceptors (Lipinski definition) is 3. The molecule has 1 aliphatic rings. The standard InChI is InChI=1S/C15H23N3O/c1-12-4-6-13(7-5-12)10-18(3)15(19)11-17(2)14-8-16-9-14/h4-7,14,16H,8-11H2,1-3H3. The number of amides is 1. The van der Waals surface area contributed by atoms with Crippen LogP contribution in [0.2, 0.25) is 0 Å². The summed E-state index contributed by atoms with van der Waals surface area (Å²) < 4.78 is 0. The van der Waals surface area contributed by atoms with Crippen molar-refractivity contribution >= 4 is 5.91 Å². The molecule has 1 N–H and O–H groups in total. The molecular weight excluding hydrogens is 238 g/mol. The van der Waals surface area contributed by atoms with Crippen molar-refractivity contribution in [2.75, 3.05) is 33.7 Å². The van der Waals surface area contributed by atoms with E-state index < -0.39 is 0 Å². The molecule has 0 atom stereocenters. The lowest BCUT2D eigenvalue weighted by Gasteiger charge is -2.35. The van der Waals surface area contributed by atoms with Gasteiger partial charge in [0.05, 0.1) is 6.54 Å². The summed E-state index contributed by atoms with van der Waals surface area (Å²) in [7, 11) is 3.89. The Labute approximate surface area is 115 Å². The Kier molecular flexibility index (Phi) is 4.56. The second-order valence-corrected chi connectivity index (χ2v) is 5.46. The zero-order valence-electron chi connectivity index (χ0n) is 12.0. The van der Waals surface area contributed by atoms with Gasteiger partial charge in [-0.25, -0.2) is 0 Å². The molecule has 0 aromatic heterocycles. The van der Waals surface area contributed by atoms with Crippen molar-refractivity contribution in [3.8, 4) is 0 Å². The summed E-state index contributed by atoms with van der Waals surface area (Å²) in [6.07, 6.45) is 0. The van der Waals surface area contributed by atoms with Gasteiger partial charge in [0.1, 0.15) is 0 Å². The first-order valence-corrected chi connectivity index (χ1v) is 6.76. The van der Waals surface area contributed by atoms with E-state index in [-0.39, 0.29) is 5.91 Å². The van der Waals surface area contributed by atoms with Gasteiger partial charge in [-0.3, -0.25) is 9.69 Å². The molecule has 0 radical (unpaired) electrons. The Morgan fingerprint density at radius 1 is 1.26 bits per heavy atom. The van der Waals surface area contributed by atoms with Crippen molar-refractivity contribution < 1.29 is 4.79 Å². The molecule has 1 aliphatic heterocycles. The zero-order chi connectivity index (χ0) is 13.8. The van der Waals surface area contributed by atoms with Gasteiger partial charge in [0.15, 0.2) is 0 Å². The van der Waals surface area contributed by atoms with Crippen molar-refractivity contribution in [3.05, 3.63) is 35.4 Å². The van der Waals surface area contributed by atoms with Crippen molar-refractivity contribution in [3.63, 3.8) is 0 Å². The SMILES string of the molecule is Cc1ccc(CN(C)C(=O)CN(C)C2CNC2)cc1. The fourth-order valence-corrected chi connectivity index (χ4v) is 2.10. The number of benzene rings is 1. The number of hydrogen-bond donors (Lipinski definition) is 1. The quantitative estimate of drug-likeness (QED) is 0.854. The minimum absolute atomic E-state index is 0.176. The average molecular weight is 261 g/mol. The number of carbonyl (C=O) groups excluding carboxylic acids is 1. The second-order valence-electron chi connectivity index (χ2n) is 5.46. The maximum Gasteiger partial charge on any atom is 0.236 e. The zero-order valence-corrected chi connectivity index (χ0v) is 12.0. The van der Waals surface area contributed by atoms with Crippen LogP contribution in [-0.2, 0) is 11.3 Å². The van der Waals surface area contributed by atoms with Crippen LogP contribution in [0, 0.1) is 6.92 Å². The van der Waals surface area contributed by atoms with Crippen LogP contribution in [0.4, 0.5) is 0 Å². The van der Waals surface area contributed by atoms with Gasteiger partial charge in [0, 0.05) is 32.7 Å². The first-order chi connectivity index (χ1) is 9.06. The van der Waals surface area contributed by atoms with Crippen molar-refractivity contribution in [1.29, 1.82) is 0 Å². The minimum Gasteiger partial charge on any atom is -0.340 e. The fourth-order valence-electron chi connectivity index (χ4n) is 2.10. The summed E-state index contributed by atoms with van der Waals surface area (Å²) in [6.45, 7) is 5.22. The highest BCUT2D eigenvalue weighted by atomic mass is 16.2. The van der Waals surface area contributed by atoms with Crippen LogP contribution in [0.15, 0.2) is 24.3 Å². The van der Waals surface area contributed by atoms with Gasteiger partial charge in [-0.1, -0.05) is 29.8 Å². The Morgan fingerprint density at radius 3 is 2.42 bits per heavy atom. The van der Waals surface area contributed by atoms with Crippen LogP contribution in [0.5, 0.6) is 0 Å². The van der Waals surface area contributed by atoms with Crippen molar-refractivity contribution in [1.82, 2.24) is 15.1 Å². The molecule has 1 heterocycles. The second kappa shape index (κ2) is 6.17. The average Bonchev–Trinajstić information content (AvgIpc) is 2.29. The number of aryl methyl sites for hydroxylation is 1. The van der Waals surface area contributed by atoms with Crippen LogP contribution >= 0.6 is 0 Å². The van der Waals surface area contributed by atoms with Crippen LogP contribution < -0.4 is 5.32 Å². The van der Waals surface area contributed by atoms with E-state index in [4.69, 9.17) is 0 Å². The molecule has 1 fully saturated rings. The molecule has 0 aliphatic carbocycles. The van der Waals surface area contributed by atoms with E-state index in [2.05, 4.69) is 41.4 Å². The highest BCUT2D eigenvalue weighted by molar-refractivity contribution is 5.78. The highest BCUT2D eigenvalue weighted by Crippen LogP contribution is 2.07. The topological polar surface area (TPSA) is 35.6 Å². The van der Waals surface area contributed by atoms with Gasteiger partial charge in [0.2, 0.25) is 5.91 Å². The molecule has 19 heavy (non-hydrogen) atoms. The predicted octanol–water partition coefficient (Wildman–Crippen LogP) is 0.857. The molecule has 0 saturated carbocycles. The molecule has 104 valence electrons. The molecule has 0 unspecified atom stereocenters. The van der Waals surface area contributed by atoms with Gasteiger partial charge in [-0.05, 0) is 19.5 Å². The van der Waals surface area contributed by atoms with E-state index in [1.165, 1.54) is 11.1 Å². The van der Waals surface area contributed by atoms with E-state index in [1.54, 1.807) is 4.90 Å². The lowest BCUT2D eigenvalue weighted by Crippen LogP contribution is -2.57. The van der Waals surface area contributed by atoms with E-state index in [0.29, 0.717) is 19.1 Å². The molecule has 1 saturated heterocycles. The molecular formula is C15H23N3O. The summed E-state index contributed by atoms with van der Waals surface area (Å²) in [6, 6.07) is 8.84. The number of carbonyl (C=O) groups is 1. The number of rotatable bonds is 5. The van der Waals surface area contributed by atoms with Gasteiger partial charge >= 0.3 is 0 Å². The maximum atomic E-state index is 12.1. The van der Waals surface area contributed by atoms with E-state index >= 15 is 0 Å². The maximum absolute atomic E-state index is 12.1. The van der Waals surface area contributed by atoms with Gasteiger partial charge in [-0.15, -0.1) is 0 Å². The molecule has 4 heteroatoms. The van der Waals surface area contributed by atoms with Crippen molar-refractivity contribution in [2.45, 2.75) is 19.5 Å². The fraction of sp³-hybridized carbons (Fsp3) is 0.533. The normalized spacial score (nSPS) is 15.4. The highest BCUT2D eigenvalue weighted by Gasteiger charge is 2.23. The smallest absolute Gasteiger partial charge is 0.236 e. The summed E-state index contributed by atoms with van der Waals surface area (Å²) in [5.74, 6) is 0.176. The number of nitrogens with one attached hydrogen (secondary N) is 1. The third kappa shape index (κ3) is 3.78. The molecule has 0 bridgehead atoms. The summed E-state index contributed by atoms with van der Waals surface area (Å²) in [5.41, 5.74) is 2.42. The number of likely N-dealkylation sites (N-methyl/N-ethyl adjacent to an activating group) is 2. The summed E-state index contributed by atoms with van der Waals surface area (Å²) >= 11 is 0. The molecule has 4 nitrogen and oxygen atoms in total. The monoisotopic (exact) mass is 261 g/mol. The van der Waals surface area contributed by atoms with Gasteiger partial charge in [-0.2, -0.15) is 0 Å². The lowest BCUT2D eigenvalue weighted by molar-refractivity contribution is -0.132. The van der Waals surface area contributed by atoms with Crippen LogP contribution in [0.1, 0.15) is 11.1 Å². The minimum atomic E-state index is 0.176. The molecule has 1 aromatic rings. The molecule has 1 amide bonds. The van der Waals surface area contributed by atoms with Crippen LogP contribution in [0.25, 0.3) is 0 Å².